The topological polar surface area (TPSA) is 105 Å². The number of nitrogens with one attached hydrogen (secondary N) is 1. The van der Waals surface area contributed by atoms with E-state index in [9.17, 15) is 18.0 Å². The second-order valence-corrected chi connectivity index (χ2v) is 9.32. The number of sulfonamides is 1. The van der Waals surface area contributed by atoms with E-state index < -0.39 is 21.9 Å². The summed E-state index contributed by atoms with van der Waals surface area (Å²) in [6.07, 6.45) is 0.531. The highest BCUT2D eigenvalue weighted by Crippen LogP contribution is 2.27. The van der Waals surface area contributed by atoms with Crippen LogP contribution >= 0.6 is 11.6 Å². The fraction of sp³-hybridized carbons (Fsp3) is 0.286. The van der Waals surface area contributed by atoms with Gasteiger partial charge in [0.1, 0.15) is 5.84 Å². The molecule has 1 atom stereocenters. The third kappa shape index (κ3) is 4.57. The highest BCUT2D eigenvalue weighted by Gasteiger charge is 2.36. The average molecular weight is 462 g/mol. The normalized spacial score (nSPS) is 20.5. The maximum Gasteiger partial charge on any atom is 0.311 e. The molecule has 2 aliphatic rings. The number of esters is 1. The van der Waals surface area contributed by atoms with Gasteiger partial charge in [0.2, 0.25) is 5.91 Å². The molecule has 0 aliphatic carbocycles. The zero-order chi connectivity index (χ0) is 22.0. The summed E-state index contributed by atoms with van der Waals surface area (Å²) >= 11 is 5.88. The highest BCUT2D eigenvalue weighted by molar-refractivity contribution is 7.90. The Hall–Kier alpha value is -2.91. The Labute approximate surface area is 184 Å². The second kappa shape index (κ2) is 8.68. The van der Waals surface area contributed by atoms with Crippen LogP contribution in [0.2, 0.25) is 5.02 Å². The molecule has 10 heteroatoms. The molecule has 0 spiro atoms. The molecule has 2 aromatic rings. The first-order valence-electron chi connectivity index (χ1n) is 9.74. The molecule has 0 bridgehead atoms. The molecule has 8 nitrogen and oxygen atoms in total. The Morgan fingerprint density at radius 1 is 1.19 bits per heavy atom. The van der Waals surface area contributed by atoms with Crippen molar-refractivity contribution < 1.29 is 22.7 Å². The van der Waals surface area contributed by atoms with Crippen molar-refractivity contribution in [3.8, 4) is 0 Å². The van der Waals surface area contributed by atoms with Gasteiger partial charge >= 0.3 is 5.97 Å². The van der Waals surface area contributed by atoms with Gasteiger partial charge in [-0.1, -0.05) is 23.7 Å². The van der Waals surface area contributed by atoms with Crippen LogP contribution in [-0.4, -0.2) is 45.8 Å². The molecule has 1 saturated heterocycles. The number of carbonyl (C=O) groups excluding carboxylic acids is 2. The zero-order valence-electron chi connectivity index (χ0n) is 16.5. The predicted molar refractivity (Wildman–Crippen MR) is 116 cm³/mol. The first-order chi connectivity index (χ1) is 14.8. The summed E-state index contributed by atoms with van der Waals surface area (Å²) < 4.78 is 31.9. The molecule has 1 N–H and O–H groups in total. The summed E-state index contributed by atoms with van der Waals surface area (Å²) in [4.78, 5) is 30.6. The SMILES string of the molecule is O=C(OCCCN=C1NS(=O)(=O)c2ccccc21)[C@H]1CC(=O)N(c2ccc(Cl)cc2)C1. The van der Waals surface area contributed by atoms with Crippen LogP contribution in [0.4, 0.5) is 5.69 Å². The van der Waals surface area contributed by atoms with Crippen molar-refractivity contribution in [2.24, 2.45) is 10.9 Å². The predicted octanol–water partition coefficient (Wildman–Crippen LogP) is 2.36. The van der Waals surface area contributed by atoms with Crippen LogP contribution in [0.1, 0.15) is 18.4 Å². The number of ether oxygens (including phenoxy) is 1. The molecule has 1 amide bonds. The lowest BCUT2D eigenvalue weighted by atomic mass is 10.1. The van der Waals surface area contributed by atoms with Gasteiger partial charge in [-0.25, -0.2) is 8.42 Å². The van der Waals surface area contributed by atoms with E-state index in [4.69, 9.17) is 16.3 Å². The Balaban J connectivity index is 1.26. The third-order valence-corrected chi connectivity index (χ3v) is 6.73. The molecule has 0 unspecified atom stereocenters. The van der Waals surface area contributed by atoms with Crippen molar-refractivity contribution >= 4 is 45.0 Å². The summed E-state index contributed by atoms with van der Waals surface area (Å²) in [6, 6.07) is 13.5. The molecule has 0 radical (unpaired) electrons. The fourth-order valence-electron chi connectivity index (χ4n) is 3.53. The first-order valence-corrected chi connectivity index (χ1v) is 11.6. The van der Waals surface area contributed by atoms with E-state index in [0.717, 1.165) is 0 Å². The van der Waals surface area contributed by atoms with Gasteiger partial charge in [-0.15, -0.1) is 0 Å². The van der Waals surface area contributed by atoms with Crippen LogP contribution in [-0.2, 0) is 24.3 Å². The molecular formula is C21H20ClN3O5S. The van der Waals surface area contributed by atoms with Crippen molar-refractivity contribution in [1.82, 2.24) is 4.72 Å². The minimum atomic E-state index is -3.57. The van der Waals surface area contributed by atoms with Gasteiger partial charge in [-0.05, 0) is 36.4 Å². The van der Waals surface area contributed by atoms with E-state index in [1.54, 1.807) is 47.4 Å². The number of fused-ring (bicyclic) bond motifs is 1. The molecule has 4 rings (SSSR count). The number of benzene rings is 2. The molecular weight excluding hydrogens is 442 g/mol. The molecule has 2 aliphatic heterocycles. The van der Waals surface area contributed by atoms with Gasteiger partial charge in [-0.3, -0.25) is 19.3 Å². The molecule has 0 aromatic heterocycles. The van der Waals surface area contributed by atoms with Gasteiger partial charge in [0, 0.05) is 42.2 Å². The van der Waals surface area contributed by atoms with Crippen LogP contribution in [0.25, 0.3) is 0 Å². The largest absolute Gasteiger partial charge is 0.465 e. The number of halogens is 1. The summed E-state index contributed by atoms with van der Waals surface area (Å²) in [5.41, 5.74) is 1.23. The van der Waals surface area contributed by atoms with E-state index >= 15 is 0 Å². The molecule has 2 aromatic carbocycles. The van der Waals surface area contributed by atoms with Crippen LogP contribution in [0.5, 0.6) is 0 Å². The molecule has 0 saturated carbocycles. The minimum Gasteiger partial charge on any atom is -0.465 e. The van der Waals surface area contributed by atoms with Gasteiger partial charge in [0.05, 0.1) is 17.4 Å². The Morgan fingerprint density at radius 3 is 2.71 bits per heavy atom. The van der Waals surface area contributed by atoms with Crippen LogP contribution in [0, 0.1) is 5.92 Å². The molecule has 1 fully saturated rings. The van der Waals surface area contributed by atoms with Crippen LogP contribution in [0.3, 0.4) is 0 Å². The second-order valence-electron chi connectivity index (χ2n) is 7.23. The summed E-state index contributed by atoms with van der Waals surface area (Å²) in [7, 11) is -3.57. The van der Waals surface area contributed by atoms with E-state index in [1.165, 1.54) is 6.07 Å². The maximum absolute atomic E-state index is 12.3. The minimum absolute atomic E-state index is 0.0995. The van der Waals surface area contributed by atoms with Crippen molar-refractivity contribution in [1.29, 1.82) is 0 Å². The maximum atomic E-state index is 12.3. The molecule has 2 heterocycles. The van der Waals surface area contributed by atoms with Crippen LogP contribution < -0.4 is 9.62 Å². The number of carbonyl (C=O) groups is 2. The Morgan fingerprint density at radius 2 is 1.94 bits per heavy atom. The highest BCUT2D eigenvalue weighted by atomic mass is 35.5. The average Bonchev–Trinajstić information content (AvgIpc) is 3.26. The van der Waals surface area contributed by atoms with E-state index in [0.29, 0.717) is 35.1 Å². The lowest BCUT2D eigenvalue weighted by Gasteiger charge is -2.16. The van der Waals surface area contributed by atoms with Gasteiger partial charge in [0.25, 0.3) is 10.0 Å². The van der Waals surface area contributed by atoms with Crippen molar-refractivity contribution in [3.05, 3.63) is 59.1 Å². The van der Waals surface area contributed by atoms with Gasteiger partial charge < -0.3 is 9.64 Å². The van der Waals surface area contributed by atoms with Crippen LogP contribution in [0.15, 0.2) is 58.4 Å². The van der Waals surface area contributed by atoms with Gasteiger partial charge in [0.15, 0.2) is 0 Å². The summed E-state index contributed by atoms with van der Waals surface area (Å²) in [5.74, 6) is -0.794. The molecule has 162 valence electrons. The van der Waals surface area contributed by atoms with E-state index in [2.05, 4.69) is 9.71 Å². The summed E-state index contributed by atoms with van der Waals surface area (Å²) in [5, 5.41) is 0.573. The van der Waals surface area contributed by atoms with Crippen molar-refractivity contribution in [3.63, 3.8) is 0 Å². The number of aliphatic imine (C=N–C) groups is 1. The van der Waals surface area contributed by atoms with E-state index in [-0.39, 0.29) is 30.4 Å². The monoisotopic (exact) mass is 461 g/mol. The Bertz CT molecular complexity index is 1150. The van der Waals surface area contributed by atoms with Gasteiger partial charge in [-0.2, -0.15) is 0 Å². The summed E-state index contributed by atoms with van der Waals surface area (Å²) in [6.45, 7) is 0.690. The van der Waals surface area contributed by atoms with Crippen molar-refractivity contribution in [2.75, 3.05) is 24.6 Å². The number of anilines is 1. The fourth-order valence-corrected chi connectivity index (χ4v) is 4.91. The number of rotatable bonds is 6. The quantitative estimate of drug-likeness (QED) is 0.525. The number of hydrogen-bond acceptors (Lipinski definition) is 6. The smallest absolute Gasteiger partial charge is 0.311 e. The lowest BCUT2D eigenvalue weighted by molar-refractivity contribution is -0.148. The standard InChI is InChI=1S/C21H20ClN3O5S/c22-15-6-8-16(9-7-15)25-13-14(12-19(25)26)21(27)30-11-3-10-23-20-17-4-1-2-5-18(17)31(28,29)24-20/h1-2,4-9,14H,3,10-13H2,(H,23,24)/t14-/m0/s1. The zero-order valence-corrected chi connectivity index (χ0v) is 18.0. The van der Waals surface area contributed by atoms with E-state index in [1.807, 2.05) is 0 Å². The number of amides is 1. The molecule has 31 heavy (non-hydrogen) atoms. The lowest BCUT2D eigenvalue weighted by Crippen LogP contribution is -2.26. The number of nitrogens with zero attached hydrogens (tertiary/aromatic N) is 2. The number of hydrogen-bond donors (Lipinski definition) is 1. The third-order valence-electron chi connectivity index (χ3n) is 5.08. The Kier molecular flexibility index (Phi) is 5.97. The number of amidine groups is 1. The van der Waals surface area contributed by atoms with Crippen molar-refractivity contribution in [2.45, 2.75) is 17.7 Å². The first kappa shape index (κ1) is 21.3.